The van der Waals surface area contributed by atoms with Gasteiger partial charge in [0.2, 0.25) is 0 Å². The summed E-state index contributed by atoms with van der Waals surface area (Å²) in [5, 5.41) is 0. The summed E-state index contributed by atoms with van der Waals surface area (Å²) in [5.74, 6) is 1.06. The fraction of sp³-hybridized carbons (Fsp3) is 0.364. The van der Waals surface area contributed by atoms with E-state index in [4.69, 9.17) is 11.6 Å². The third-order valence-corrected chi connectivity index (χ3v) is 2.23. The molecule has 0 aliphatic rings. The molecule has 0 saturated carbocycles. The zero-order valence-corrected chi connectivity index (χ0v) is 8.75. The highest BCUT2D eigenvalue weighted by Gasteiger charge is 2.01. The number of pyridine rings is 1. The van der Waals surface area contributed by atoms with Crippen LogP contribution in [0.3, 0.4) is 0 Å². The van der Waals surface area contributed by atoms with Crippen molar-refractivity contribution in [1.82, 2.24) is 4.98 Å². The Balaban J connectivity index is 2.85. The summed E-state index contributed by atoms with van der Waals surface area (Å²) in [6.07, 6.45) is 3.84. The first-order valence-electron chi connectivity index (χ1n) is 4.41. The van der Waals surface area contributed by atoms with Crippen molar-refractivity contribution in [3.63, 3.8) is 0 Å². The van der Waals surface area contributed by atoms with Crippen LogP contribution in [0, 0.1) is 5.92 Å². The molecule has 1 aromatic heterocycles. The predicted octanol–water partition coefficient (Wildman–Crippen LogP) is 3.36. The number of hydrogen-bond donors (Lipinski definition) is 0. The Morgan fingerprint density at radius 3 is 2.77 bits per heavy atom. The van der Waals surface area contributed by atoms with E-state index in [9.17, 15) is 0 Å². The first-order chi connectivity index (χ1) is 6.24. The Morgan fingerprint density at radius 2 is 2.31 bits per heavy atom. The number of halogens is 1. The molecule has 13 heavy (non-hydrogen) atoms. The van der Waals surface area contributed by atoms with Gasteiger partial charge in [0.1, 0.15) is 0 Å². The van der Waals surface area contributed by atoms with Gasteiger partial charge in [0.25, 0.3) is 0 Å². The summed E-state index contributed by atoms with van der Waals surface area (Å²) in [7, 11) is 0. The molecule has 0 spiro atoms. The van der Waals surface area contributed by atoms with Gasteiger partial charge in [0, 0.05) is 12.1 Å². The van der Waals surface area contributed by atoms with Crippen molar-refractivity contribution in [3.05, 3.63) is 35.7 Å². The lowest BCUT2D eigenvalue weighted by atomic mass is 10.0. The zero-order chi connectivity index (χ0) is 9.68. The average Bonchev–Trinajstić information content (AvgIpc) is 2.15. The van der Waals surface area contributed by atoms with E-state index in [0.29, 0.717) is 11.8 Å². The molecule has 0 atom stereocenters. The van der Waals surface area contributed by atoms with Gasteiger partial charge in [-0.2, -0.15) is 0 Å². The van der Waals surface area contributed by atoms with E-state index in [0.717, 1.165) is 5.69 Å². The van der Waals surface area contributed by atoms with Crippen molar-refractivity contribution in [2.75, 3.05) is 5.88 Å². The van der Waals surface area contributed by atoms with Crippen LogP contribution in [0.1, 0.15) is 19.5 Å². The molecule has 0 fully saturated rings. The highest BCUT2D eigenvalue weighted by atomic mass is 35.5. The number of allylic oxidation sites excluding steroid dienone is 1. The Kier molecular flexibility index (Phi) is 3.97. The average molecular weight is 196 g/mol. The summed E-state index contributed by atoms with van der Waals surface area (Å²) >= 11 is 5.82. The quantitative estimate of drug-likeness (QED) is 0.674. The van der Waals surface area contributed by atoms with Crippen LogP contribution < -0.4 is 0 Å². The molecule has 1 aromatic rings. The van der Waals surface area contributed by atoms with E-state index < -0.39 is 0 Å². The Hall–Kier alpha value is -0.820. The molecule has 70 valence electrons. The molecule has 1 heterocycles. The van der Waals surface area contributed by atoms with Crippen molar-refractivity contribution >= 4 is 17.7 Å². The molecule has 0 saturated heterocycles. The van der Waals surface area contributed by atoms with Crippen LogP contribution in [-0.2, 0) is 0 Å². The minimum absolute atomic E-state index is 0.486. The smallest absolute Gasteiger partial charge is 0.0629 e. The van der Waals surface area contributed by atoms with Crippen LogP contribution in [0.15, 0.2) is 30.0 Å². The fourth-order valence-corrected chi connectivity index (χ4v) is 1.40. The maximum atomic E-state index is 5.82. The number of rotatable bonds is 3. The van der Waals surface area contributed by atoms with Gasteiger partial charge < -0.3 is 0 Å². The van der Waals surface area contributed by atoms with Crippen LogP contribution in [0.5, 0.6) is 0 Å². The van der Waals surface area contributed by atoms with Crippen molar-refractivity contribution in [3.8, 4) is 0 Å². The minimum Gasteiger partial charge on any atom is -0.257 e. The maximum Gasteiger partial charge on any atom is 0.0629 e. The first-order valence-corrected chi connectivity index (χ1v) is 4.95. The van der Waals surface area contributed by atoms with Crippen LogP contribution in [0.25, 0.3) is 6.08 Å². The summed E-state index contributed by atoms with van der Waals surface area (Å²) in [6, 6.07) is 5.87. The van der Waals surface area contributed by atoms with Gasteiger partial charge in [0.05, 0.1) is 5.69 Å². The lowest BCUT2D eigenvalue weighted by Gasteiger charge is -2.06. The van der Waals surface area contributed by atoms with Crippen LogP contribution in [0.4, 0.5) is 0 Å². The zero-order valence-electron chi connectivity index (χ0n) is 8.00. The van der Waals surface area contributed by atoms with Gasteiger partial charge in [-0.25, -0.2) is 0 Å². The second-order valence-corrected chi connectivity index (χ2v) is 3.53. The number of aromatic nitrogens is 1. The van der Waals surface area contributed by atoms with Gasteiger partial charge in [-0.3, -0.25) is 4.98 Å². The SMILES string of the molecule is CC(C)C(=Cc1ccccn1)CCl. The molecular weight excluding hydrogens is 182 g/mol. The van der Waals surface area contributed by atoms with E-state index in [2.05, 4.69) is 24.9 Å². The molecule has 0 radical (unpaired) electrons. The molecule has 0 aliphatic carbocycles. The predicted molar refractivity (Wildman–Crippen MR) is 57.8 cm³/mol. The van der Waals surface area contributed by atoms with Crippen LogP contribution in [-0.4, -0.2) is 10.9 Å². The van der Waals surface area contributed by atoms with E-state index in [-0.39, 0.29) is 0 Å². The molecule has 2 heteroatoms. The summed E-state index contributed by atoms with van der Waals surface area (Å²) in [4.78, 5) is 4.21. The molecule has 0 amide bonds. The Morgan fingerprint density at radius 1 is 1.54 bits per heavy atom. The standard InChI is InChI=1S/C11H14ClN/c1-9(2)10(8-12)7-11-5-3-4-6-13-11/h3-7,9H,8H2,1-2H3. The molecule has 0 N–H and O–H groups in total. The Bertz CT molecular complexity index is 277. The van der Waals surface area contributed by atoms with Crippen molar-refractivity contribution < 1.29 is 0 Å². The second kappa shape index (κ2) is 5.03. The molecule has 0 unspecified atom stereocenters. The van der Waals surface area contributed by atoms with E-state index >= 15 is 0 Å². The van der Waals surface area contributed by atoms with Crippen molar-refractivity contribution in [2.24, 2.45) is 5.92 Å². The molecular formula is C11H14ClN. The topological polar surface area (TPSA) is 12.9 Å². The number of hydrogen-bond acceptors (Lipinski definition) is 1. The highest BCUT2D eigenvalue weighted by molar-refractivity contribution is 6.19. The number of nitrogens with zero attached hydrogens (tertiary/aromatic N) is 1. The third kappa shape index (κ3) is 3.19. The van der Waals surface area contributed by atoms with Gasteiger partial charge >= 0.3 is 0 Å². The lowest BCUT2D eigenvalue weighted by molar-refractivity contribution is 0.777. The minimum atomic E-state index is 0.486. The molecule has 1 rings (SSSR count). The second-order valence-electron chi connectivity index (χ2n) is 3.26. The first kappa shape index (κ1) is 10.3. The molecule has 0 aromatic carbocycles. The van der Waals surface area contributed by atoms with Crippen molar-refractivity contribution in [1.29, 1.82) is 0 Å². The number of alkyl halides is 1. The normalized spacial score (nSPS) is 12.2. The third-order valence-electron chi connectivity index (χ3n) is 1.92. The maximum absolute atomic E-state index is 5.82. The highest BCUT2D eigenvalue weighted by Crippen LogP contribution is 2.14. The Labute approximate surface area is 84.5 Å². The lowest BCUT2D eigenvalue weighted by Crippen LogP contribution is -1.95. The summed E-state index contributed by atoms with van der Waals surface area (Å²) in [5.41, 5.74) is 2.20. The monoisotopic (exact) mass is 195 g/mol. The van der Waals surface area contributed by atoms with Gasteiger partial charge in [-0.1, -0.05) is 25.5 Å². The molecule has 0 aliphatic heterocycles. The fourth-order valence-electron chi connectivity index (χ4n) is 1.01. The van der Waals surface area contributed by atoms with E-state index in [1.54, 1.807) is 6.20 Å². The van der Waals surface area contributed by atoms with Gasteiger partial charge in [-0.15, -0.1) is 11.6 Å². The van der Waals surface area contributed by atoms with Crippen LogP contribution >= 0.6 is 11.6 Å². The summed E-state index contributed by atoms with van der Waals surface area (Å²) < 4.78 is 0. The molecule has 0 bridgehead atoms. The van der Waals surface area contributed by atoms with Gasteiger partial charge in [-0.05, 0) is 24.1 Å². The van der Waals surface area contributed by atoms with Crippen LogP contribution in [0.2, 0.25) is 0 Å². The van der Waals surface area contributed by atoms with Crippen molar-refractivity contribution in [2.45, 2.75) is 13.8 Å². The summed E-state index contributed by atoms with van der Waals surface area (Å²) in [6.45, 7) is 4.27. The molecule has 1 nitrogen and oxygen atoms in total. The van der Waals surface area contributed by atoms with Gasteiger partial charge in [0.15, 0.2) is 0 Å². The van der Waals surface area contributed by atoms with E-state index in [1.807, 2.05) is 18.2 Å². The largest absolute Gasteiger partial charge is 0.257 e. The van der Waals surface area contributed by atoms with E-state index in [1.165, 1.54) is 5.57 Å².